The van der Waals surface area contributed by atoms with Crippen LogP contribution in [0.3, 0.4) is 0 Å². The molecule has 0 heterocycles. The molecule has 0 saturated heterocycles. The molecule has 2 nitrogen and oxygen atoms in total. The largest absolute Gasteiger partial charge is 0.494 e. The van der Waals surface area contributed by atoms with Gasteiger partial charge in [0, 0.05) is 6.42 Å². The van der Waals surface area contributed by atoms with Crippen molar-refractivity contribution < 1.29 is 14.2 Å². The lowest BCUT2D eigenvalue weighted by atomic mass is 10.2. The lowest BCUT2D eigenvalue weighted by Gasteiger charge is -2.01. The molecule has 3 heteroatoms. The number of ether oxygens (including phenoxy) is 1. The summed E-state index contributed by atoms with van der Waals surface area (Å²) in [6, 6.07) is 4.78. The van der Waals surface area contributed by atoms with Gasteiger partial charge in [0.1, 0.15) is 0 Å². The molecule has 0 atom stereocenters. The minimum absolute atomic E-state index is 0.0153. The lowest BCUT2D eigenvalue weighted by molar-refractivity contribution is 0.305. The predicted molar refractivity (Wildman–Crippen MR) is 51.5 cm³/mol. The van der Waals surface area contributed by atoms with Gasteiger partial charge in [-0.15, -0.1) is 0 Å². The van der Waals surface area contributed by atoms with Crippen molar-refractivity contribution in [3.8, 4) is 17.6 Å². The maximum absolute atomic E-state index is 13.4. The molecule has 1 aromatic rings. The molecule has 0 amide bonds. The van der Waals surface area contributed by atoms with E-state index >= 15 is 0 Å². The minimum atomic E-state index is -0.458. The van der Waals surface area contributed by atoms with Crippen LogP contribution in [0.15, 0.2) is 18.2 Å². The number of hydrogen-bond acceptors (Lipinski definition) is 2. The van der Waals surface area contributed by atoms with Crippen LogP contribution in [0.25, 0.3) is 0 Å². The Morgan fingerprint density at radius 2 is 2.29 bits per heavy atom. The van der Waals surface area contributed by atoms with Gasteiger partial charge in [0.05, 0.1) is 19.3 Å². The van der Waals surface area contributed by atoms with E-state index in [2.05, 4.69) is 11.8 Å². The van der Waals surface area contributed by atoms with Gasteiger partial charge in [-0.3, -0.25) is 0 Å². The van der Waals surface area contributed by atoms with Crippen LogP contribution >= 0.6 is 0 Å². The van der Waals surface area contributed by atoms with Crippen molar-refractivity contribution in [2.45, 2.75) is 6.42 Å². The molecule has 0 aromatic heterocycles. The van der Waals surface area contributed by atoms with E-state index in [1.165, 1.54) is 13.2 Å². The average Bonchev–Trinajstić information content (AvgIpc) is 2.21. The van der Waals surface area contributed by atoms with Crippen molar-refractivity contribution in [2.75, 3.05) is 13.7 Å². The first-order valence-electron chi connectivity index (χ1n) is 4.22. The maximum atomic E-state index is 13.4. The molecule has 74 valence electrons. The van der Waals surface area contributed by atoms with E-state index in [0.29, 0.717) is 6.42 Å². The molecular formula is C11H11FO2. The third kappa shape index (κ3) is 2.48. The van der Waals surface area contributed by atoms with Gasteiger partial charge in [-0.2, -0.15) is 0 Å². The molecule has 14 heavy (non-hydrogen) atoms. The highest BCUT2D eigenvalue weighted by Crippen LogP contribution is 2.18. The molecule has 1 rings (SSSR count). The Bertz CT molecular complexity index is 363. The zero-order chi connectivity index (χ0) is 10.4. The predicted octanol–water partition coefficient (Wildman–Crippen LogP) is 1.57. The van der Waals surface area contributed by atoms with E-state index in [1.807, 2.05) is 0 Å². The van der Waals surface area contributed by atoms with Crippen molar-refractivity contribution >= 4 is 0 Å². The van der Waals surface area contributed by atoms with Gasteiger partial charge in [0.2, 0.25) is 0 Å². The van der Waals surface area contributed by atoms with Gasteiger partial charge in [-0.1, -0.05) is 17.9 Å². The number of aliphatic hydroxyl groups excluding tert-OH is 1. The summed E-state index contributed by atoms with van der Waals surface area (Å²) < 4.78 is 18.2. The summed E-state index contributed by atoms with van der Waals surface area (Å²) >= 11 is 0. The van der Waals surface area contributed by atoms with Gasteiger partial charge in [0.15, 0.2) is 11.6 Å². The zero-order valence-electron chi connectivity index (χ0n) is 7.88. The van der Waals surface area contributed by atoms with Crippen LogP contribution in [0, 0.1) is 17.7 Å². The first-order chi connectivity index (χ1) is 6.79. The first kappa shape index (κ1) is 10.6. The fraction of sp³-hybridized carbons (Fsp3) is 0.273. The van der Waals surface area contributed by atoms with Gasteiger partial charge in [0.25, 0.3) is 0 Å². The molecule has 0 bridgehead atoms. The van der Waals surface area contributed by atoms with E-state index in [4.69, 9.17) is 9.84 Å². The highest BCUT2D eigenvalue weighted by atomic mass is 19.1. The fourth-order valence-electron chi connectivity index (χ4n) is 0.979. The summed E-state index contributed by atoms with van der Waals surface area (Å²) in [5, 5.41) is 8.49. The molecule has 0 saturated carbocycles. The van der Waals surface area contributed by atoms with E-state index in [9.17, 15) is 4.39 Å². The molecule has 0 spiro atoms. The second kappa shape index (κ2) is 5.25. The Balaban J connectivity index is 2.94. The molecular weight excluding hydrogens is 183 g/mol. The topological polar surface area (TPSA) is 29.5 Å². The number of methoxy groups -OCH3 is 1. The highest BCUT2D eigenvalue weighted by molar-refractivity contribution is 5.41. The second-order valence-corrected chi connectivity index (χ2v) is 2.60. The van der Waals surface area contributed by atoms with E-state index < -0.39 is 5.82 Å². The first-order valence-corrected chi connectivity index (χ1v) is 4.22. The van der Waals surface area contributed by atoms with Crippen LogP contribution < -0.4 is 4.74 Å². The van der Waals surface area contributed by atoms with Crippen LogP contribution in [-0.4, -0.2) is 18.8 Å². The normalized spacial score (nSPS) is 9.07. The number of rotatable bonds is 2. The molecule has 1 N–H and O–H groups in total. The Morgan fingerprint density at radius 3 is 2.93 bits per heavy atom. The lowest BCUT2D eigenvalue weighted by Crippen LogP contribution is -1.91. The molecule has 0 aliphatic carbocycles. The molecule has 0 aliphatic rings. The Labute approximate surface area is 82.3 Å². The summed E-state index contributed by atoms with van der Waals surface area (Å²) in [7, 11) is 1.41. The van der Waals surface area contributed by atoms with Crippen LogP contribution in [0.5, 0.6) is 5.75 Å². The number of halogens is 1. The summed E-state index contributed by atoms with van der Waals surface area (Å²) in [6.07, 6.45) is 0.344. The summed E-state index contributed by atoms with van der Waals surface area (Å²) in [5.41, 5.74) is 0.290. The summed E-state index contributed by atoms with van der Waals surface area (Å²) in [4.78, 5) is 0. The second-order valence-electron chi connectivity index (χ2n) is 2.60. The Kier molecular flexibility index (Phi) is 3.96. The number of hydrogen-bond donors (Lipinski definition) is 1. The molecule has 0 aliphatic heterocycles. The standard InChI is InChI=1S/C11H11FO2/c1-14-10-7-4-6-9(11(10)12)5-2-3-8-13/h4,6-7,13H,3,8H2,1H3. The van der Waals surface area contributed by atoms with Crippen LogP contribution in [0.1, 0.15) is 12.0 Å². The van der Waals surface area contributed by atoms with Crippen LogP contribution in [0.2, 0.25) is 0 Å². The summed E-state index contributed by atoms with van der Waals surface area (Å²) in [5.74, 6) is 4.99. The van der Waals surface area contributed by atoms with Crippen molar-refractivity contribution in [1.82, 2.24) is 0 Å². The summed E-state index contributed by atoms with van der Waals surface area (Å²) in [6.45, 7) is -0.0153. The van der Waals surface area contributed by atoms with Gasteiger partial charge < -0.3 is 9.84 Å². The van der Waals surface area contributed by atoms with Gasteiger partial charge >= 0.3 is 0 Å². The van der Waals surface area contributed by atoms with Crippen molar-refractivity contribution in [3.63, 3.8) is 0 Å². The van der Waals surface area contributed by atoms with Gasteiger partial charge in [-0.25, -0.2) is 4.39 Å². The van der Waals surface area contributed by atoms with Crippen molar-refractivity contribution in [2.24, 2.45) is 0 Å². The molecule has 1 aromatic carbocycles. The SMILES string of the molecule is COc1cccc(C#CCCO)c1F. The van der Waals surface area contributed by atoms with E-state index in [-0.39, 0.29) is 17.9 Å². The monoisotopic (exact) mass is 194 g/mol. The van der Waals surface area contributed by atoms with E-state index in [0.717, 1.165) is 0 Å². The third-order valence-corrected chi connectivity index (χ3v) is 1.64. The van der Waals surface area contributed by atoms with Crippen LogP contribution in [-0.2, 0) is 0 Å². The fourth-order valence-corrected chi connectivity index (χ4v) is 0.979. The molecule has 0 fully saturated rings. The number of benzene rings is 1. The highest BCUT2D eigenvalue weighted by Gasteiger charge is 2.04. The van der Waals surface area contributed by atoms with Crippen molar-refractivity contribution in [3.05, 3.63) is 29.6 Å². The average molecular weight is 194 g/mol. The Hall–Kier alpha value is -1.53. The van der Waals surface area contributed by atoms with Crippen LogP contribution in [0.4, 0.5) is 4.39 Å². The minimum Gasteiger partial charge on any atom is -0.494 e. The number of aliphatic hydroxyl groups is 1. The molecule has 0 unspecified atom stereocenters. The van der Waals surface area contributed by atoms with E-state index in [1.54, 1.807) is 12.1 Å². The Morgan fingerprint density at radius 1 is 1.50 bits per heavy atom. The quantitative estimate of drug-likeness (QED) is 0.724. The zero-order valence-corrected chi connectivity index (χ0v) is 7.88. The third-order valence-electron chi connectivity index (χ3n) is 1.64. The smallest absolute Gasteiger partial charge is 0.180 e. The van der Waals surface area contributed by atoms with Gasteiger partial charge in [-0.05, 0) is 12.1 Å². The van der Waals surface area contributed by atoms with Crippen molar-refractivity contribution in [1.29, 1.82) is 0 Å². The maximum Gasteiger partial charge on any atom is 0.180 e. The molecule has 0 radical (unpaired) electrons.